The number of hydrogen-bond donors (Lipinski definition) is 0. The standard InChI is InChI=1S/C15H15ClN3OS/c16-13-3-1-12(2-4-13)14-11-19(6-5-17)21-15(14)18-7-9-20-10-8-18/h1-4,11H,6-10H2/q+1. The van der Waals surface area contributed by atoms with E-state index in [-0.39, 0.29) is 0 Å². The second kappa shape index (κ2) is 6.44. The lowest BCUT2D eigenvalue weighted by molar-refractivity contribution is -0.615. The van der Waals surface area contributed by atoms with Crippen molar-refractivity contribution in [1.82, 2.24) is 0 Å². The highest BCUT2D eigenvalue weighted by molar-refractivity contribution is 7.07. The van der Waals surface area contributed by atoms with E-state index in [9.17, 15) is 0 Å². The Morgan fingerprint density at radius 2 is 2.00 bits per heavy atom. The van der Waals surface area contributed by atoms with E-state index in [1.54, 1.807) is 11.5 Å². The van der Waals surface area contributed by atoms with Gasteiger partial charge in [-0.1, -0.05) is 23.7 Å². The average molecular weight is 321 g/mol. The van der Waals surface area contributed by atoms with Crippen LogP contribution in [0.5, 0.6) is 0 Å². The van der Waals surface area contributed by atoms with Crippen LogP contribution in [-0.4, -0.2) is 26.3 Å². The van der Waals surface area contributed by atoms with Gasteiger partial charge in [-0.25, -0.2) is 0 Å². The van der Waals surface area contributed by atoms with Gasteiger partial charge in [-0.3, -0.25) is 0 Å². The van der Waals surface area contributed by atoms with Gasteiger partial charge in [0.05, 0.1) is 18.8 Å². The molecule has 0 atom stereocenters. The van der Waals surface area contributed by atoms with Crippen molar-refractivity contribution >= 4 is 28.1 Å². The molecule has 4 nitrogen and oxygen atoms in total. The van der Waals surface area contributed by atoms with Gasteiger partial charge in [-0.15, -0.1) is 3.96 Å². The number of rotatable bonds is 3. The van der Waals surface area contributed by atoms with Crippen molar-refractivity contribution in [1.29, 1.82) is 5.26 Å². The van der Waals surface area contributed by atoms with E-state index in [1.165, 1.54) is 5.00 Å². The van der Waals surface area contributed by atoms with Crippen molar-refractivity contribution in [3.8, 4) is 17.2 Å². The lowest BCUT2D eigenvalue weighted by Crippen LogP contribution is -2.36. The first kappa shape index (κ1) is 14.3. The minimum atomic E-state index is 0.371. The number of halogens is 1. The molecule has 1 aromatic carbocycles. The van der Waals surface area contributed by atoms with Crippen LogP contribution in [0.4, 0.5) is 5.00 Å². The molecule has 1 aromatic heterocycles. The molecule has 0 radical (unpaired) electrons. The second-order valence-corrected chi connectivity index (χ2v) is 6.25. The Bertz CT molecular complexity index is 657. The molecule has 0 bridgehead atoms. The summed E-state index contributed by atoms with van der Waals surface area (Å²) in [5.41, 5.74) is 2.27. The Balaban J connectivity index is 2.00. The SMILES string of the molecule is N#CC[n+]1cc(-c2ccc(Cl)cc2)c(N2CCOCC2)s1. The van der Waals surface area contributed by atoms with E-state index >= 15 is 0 Å². The van der Waals surface area contributed by atoms with Gasteiger partial charge >= 0.3 is 0 Å². The van der Waals surface area contributed by atoms with Gasteiger partial charge in [0.2, 0.25) is 6.54 Å². The summed E-state index contributed by atoms with van der Waals surface area (Å²) >= 11 is 7.59. The van der Waals surface area contributed by atoms with Crippen LogP contribution in [0, 0.1) is 11.3 Å². The number of morpholine rings is 1. The Morgan fingerprint density at radius 1 is 1.29 bits per heavy atom. The molecule has 3 rings (SSSR count). The average Bonchev–Trinajstić information content (AvgIpc) is 2.93. The van der Waals surface area contributed by atoms with E-state index < -0.39 is 0 Å². The quantitative estimate of drug-likeness (QED) is 0.816. The van der Waals surface area contributed by atoms with Gasteiger partial charge < -0.3 is 9.64 Å². The Morgan fingerprint density at radius 3 is 2.67 bits per heavy atom. The van der Waals surface area contributed by atoms with E-state index in [0.717, 1.165) is 42.5 Å². The molecule has 0 unspecified atom stereocenters. The summed E-state index contributed by atoms with van der Waals surface area (Å²) in [5, 5.41) is 10.8. The topological polar surface area (TPSA) is 40.1 Å². The van der Waals surface area contributed by atoms with Crippen LogP contribution >= 0.6 is 23.1 Å². The first-order valence-corrected chi connectivity index (χ1v) is 7.92. The molecule has 1 saturated heterocycles. The highest BCUT2D eigenvalue weighted by Crippen LogP contribution is 2.34. The van der Waals surface area contributed by atoms with Gasteiger partial charge in [0, 0.05) is 18.1 Å². The maximum atomic E-state index is 8.92. The minimum absolute atomic E-state index is 0.371. The highest BCUT2D eigenvalue weighted by atomic mass is 35.5. The summed E-state index contributed by atoms with van der Waals surface area (Å²) in [7, 11) is 0. The van der Waals surface area contributed by atoms with Gasteiger partial charge in [0.25, 0.3) is 0 Å². The fourth-order valence-electron chi connectivity index (χ4n) is 2.36. The van der Waals surface area contributed by atoms with Gasteiger partial charge in [-0.2, -0.15) is 5.26 Å². The fourth-order valence-corrected chi connectivity index (χ4v) is 3.55. The van der Waals surface area contributed by atoms with Crippen molar-refractivity contribution in [2.75, 3.05) is 31.2 Å². The summed E-state index contributed by atoms with van der Waals surface area (Å²) < 4.78 is 7.39. The maximum absolute atomic E-state index is 8.92. The lowest BCUT2D eigenvalue weighted by Gasteiger charge is -2.26. The zero-order valence-corrected chi connectivity index (χ0v) is 13.0. The Kier molecular flexibility index (Phi) is 4.39. The molecule has 21 heavy (non-hydrogen) atoms. The van der Waals surface area contributed by atoms with Crippen LogP contribution < -0.4 is 8.86 Å². The van der Waals surface area contributed by atoms with Crippen LogP contribution in [0.2, 0.25) is 5.02 Å². The Hall–Kier alpha value is -1.61. The van der Waals surface area contributed by atoms with E-state index in [4.69, 9.17) is 21.6 Å². The third-order valence-corrected chi connectivity index (χ3v) is 4.76. The number of nitriles is 1. The normalized spacial score (nSPS) is 15.0. The lowest BCUT2D eigenvalue weighted by atomic mass is 10.1. The number of hydrogen-bond acceptors (Lipinski definition) is 4. The number of ether oxygens (including phenoxy) is 1. The number of nitrogens with zero attached hydrogens (tertiary/aromatic N) is 3. The number of anilines is 1. The largest absolute Gasteiger partial charge is 0.378 e. The predicted molar refractivity (Wildman–Crippen MR) is 83.6 cm³/mol. The van der Waals surface area contributed by atoms with Crippen LogP contribution in [0.25, 0.3) is 11.1 Å². The van der Waals surface area contributed by atoms with E-state index in [1.807, 2.05) is 34.4 Å². The van der Waals surface area contributed by atoms with E-state index in [0.29, 0.717) is 6.54 Å². The number of aromatic nitrogens is 1. The third-order valence-electron chi connectivity index (χ3n) is 3.39. The summed E-state index contributed by atoms with van der Waals surface area (Å²) in [4.78, 5) is 2.33. The molecule has 0 saturated carbocycles. The van der Waals surface area contributed by atoms with Gasteiger partial charge in [0.15, 0.2) is 22.7 Å². The second-order valence-electron chi connectivity index (χ2n) is 4.78. The van der Waals surface area contributed by atoms with Crippen LogP contribution in [0.15, 0.2) is 30.5 Å². The first-order valence-electron chi connectivity index (χ1n) is 6.77. The fraction of sp³-hybridized carbons (Fsp3) is 0.333. The van der Waals surface area contributed by atoms with Crippen molar-refractivity contribution in [3.05, 3.63) is 35.5 Å². The maximum Gasteiger partial charge on any atom is 0.247 e. The molecule has 2 heterocycles. The van der Waals surface area contributed by atoms with Crippen molar-refractivity contribution in [3.63, 3.8) is 0 Å². The number of benzene rings is 1. The summed E-state index contributed by atoms with van der Waals surface area (Å²) in [6.45, 7) is 3.63. The van der Waals surface area contributed by atoms with Gasteiger partial charge in [-0.05, 0) is 17.7 Å². The zero-order valence-electron chi connectivity index (χ0n) is 11.5. The van der Waals surface area contributed by atoms with Crippen LogP contribution in [0.1, 0.15) is 0 Å². The summed E-state index contributed by atoms with van der Waals surface area (Å²) in [5.74, 6) is 0. The molecule has 108 valence electrons. The molecule has 1 aliphatic rings. The van der Waals surface area contributed by atoms with Gasteiger partial charge in [0.1, 0.15) is 6.07 Å². The summed E-state index contributed by atoms with van der Waals surface area (Å²) in [6.07, 6.45) is 2.04. The third kappa shape index (κ3) is 3.18. The molecule has 0 amide bonds. The molecule has 1 aliphatic heterocycles. The van der Waals surface area contributed by atoms with Crippen LogP contribution in [0.3, 0.4) is 0 Å². The molecule has 6 heteroatoms. The van der Waals surface area contributed by atoms with Crippen molar-refractivity contribution in [2.24, 2.45) is 0 Å². The monoisotopic (exact) mass is 320 g/mol. The molecule has 2 aromatic rings. The van der Waals surface area contributed by atoms with E-state index in [2.05, 4.69) is 11.0 Å². The molecule has 0 spiro atoms. The molecule has 1 fully saturated rings. The highest BCUT2D eigenvalue weighted by Gasteiger charge is 2.24. The first-order chi connectivity index (χ1) is 10.3. The van der Waals surface area contributed by atoms with Crippen LogP contribution in [-0.2, 0) is 11.3 Å². The molecular weight excluding hydrogens is 306 g/mol. The molecule has 0 aliphatic carbocycles. The Labute approximate surface area is 132 Å². The zero-order chi connectivity index (χ0) is 14.7. The minimum Gasteiger partial charge on any atom is -0.378 e. The van der Waals surface area contributed by atoms with Crippen molar-refractivity contribution in [2.45, 2.75) is 6.54 Å². The molecular formula is C15H15ClN3OS+. The smallest absolute Gasteiger partial charge is 0.247 e. The van der Waals surface area contributed by atoms with Crippen molar-refractivity contribution < 1.29 is 8.69 Å². The molecule has 0 N–H and O–H groups in total. The predicted octanol–water partition coefficient (Wildman–Crippen LogP) is 2.72. The summed E-state index contributed by atoms with van der Waals surface area (Å²) in [6, 6.07) is 10.0.